The topological polar surface area (TPSA) is 79.3 Å². The van der Waals surface area contributed by atoms with E-state index in [1.165, 1.54) is 23.5 Å². The van der Waals surface area contributed by atoms with E-state index in [0.717, 1.165) is 10.4 Å². The fourth-order valence-corrected chi connectivity index (χ4v) is 3.45. The third-order valence-electron chi connectivity index (χ3n) is 2.48. The van der Waals surface area contributed by atoms with Crippen LogP contribution in [0, 0.1) is 6.92 Å². The molecule has 0 aliphatic heterocycles. The fourth-order valence-electron chi connectivity index (χ4n) is 1.54. The third kappa shape index (κ3) is 3.52. The normalized spacial score (nSPS) is 11.5. The van der Waals surface area contributed by atoms with Gasteiger partial charge in [-0.2, -0.15) is 0 Å². The average molecular weight is 298 g/mol. The Labute approximate surface area is 116 Å². The Morgan fingerprint density at radius 2 is 2.00 bits per heavy atom. The van der Waals surface area contributed by atoms with Crippen molar-refractivity contribution in [1.29, 1.82) is 0 Å². The molecule has 2 rings (SSSR count). The van der Waals surface area contributed by atoms with Gasteiger partial charge in [0.25, 0.3) is 10.0 Å². The summed E-state index contributed by atoms with van der Waals surface area (Å²) in [5, 5.41) is 9.17. The van der Waals surface area contributed by atoms with Crippen LogP contribution in [0.5, 0.6) is 0 Å². The first-order chi connectivity index (χ1) is 9.01. The Morgan fingerprint density at radius 3 is 2.53 bits per heavy atom. The molecule has 0 aliphatic carbocycles. The number of hydrogen-bond donors (Lipinski definition) is 2. The van der Waals surface area contributed by atoms with Crippen LogP contribution >= 0.6 is 11.3 Å². The zero-order chi connectivity index (χ0) is 13.9. The van der Waals surface area contributed by atoms with Crippen LogP contribution in [0.1, 0.15) is 10.4 Å². The van der Waals surface area contributed by atoms with E-state index < -0.39 is 10.0 Å². The molecule has 2 aromatic rings. The second kappa shape index (κ2) is 5.68. The van der Waals surface area contributed by atoms with Crippen molar-refractivity contribution in [3.05, 3.63) is 40.9 Å². The predicted octanol–water partition coefficient (Wildman–Crippen LogP) is 1.79. The van der Waals surface area contributed by atoms with Gasteiger partial charge in [-0.25, -0.2) is 13.4 Å². The second-order valence-corrected chi connectivity index (χ2v) is 6.92. The van der Waals surface area contributed by atoms with Crippen molar-refractivity contribution in [2.75, 3.05) is 11.3 Å². The van der Waals surface area contributed by atoms with Crippen molar-refractivity contribution in [3.8, 4) is 0 Å². The van der Waals surface area contributed by atoms with E-state index in [0.29, 0.717) is 11.6 Å². The van der Waals surface area contributed by atoms with E-state index in [-0.39, 0.29) is 11.5 Å². The highest BCUT2D eigenvalue weighted by Crippen LogP contribution is 2.21. The van der Waals surface area contributed by atoms with Gasteiger partial charge in [-0.15, -0.1) is 11.3 Å². The lowest BCUT2D eigenvalue weighted by atomic mass is 10.2. The number of aryl methyl sites for hydroxylation is 1. The number of anilines is 1. The monoisotopic (exact) mass is 298 g/mol. The van der Waals surface area contributed by atoms with Gasteiger partial charge in [0, 0.05) is 17.7 Å². The fraction of sp³-hybridized carbons (Fsp3) is 0.250. The van der Waals surface area contributed by atoms with Crippen LogP contribution in [0.4, 0.5) is 5.13 Å². The molecule has 0 amide bonds. The number of hydrogen-bond acceptors (Lipinski definition) is 5. The van der Waals surface area contributed by atoms with Crippen LogP contribution in [0.15, 0.2) is 35.4 Å². The van der Waals surface area contributed by atoms with E-state index in [1.54, 1.807) is 18.3 Å². The van der Waals surface area contributed by atoms with Crippen LogP contribution < -0.4 is 4.72 Å². The molecule has 1 heterocycles. The molecular weight excluding hydrogens is 284 g/mol. The van der Waals surface area contributed by atoms with Crippen molar-refractivity contribution in [1.82, 2.24) is 4.98 Å². The van der Waals surface area contributed by atoms with Gasteiger partial charge >= 0.3 is 0 Å². The molecule has 0 saturated heterocycles. The number of thiazole rings is 1. The van der Waals surface area contributed by atoms with Crippen LogP contribution in [0.25, 0.3) is 0 Å². The molecule has 0 saturated carbocycles. The van der Waals surface area contributed by atoms with Crippen molar-refractivity contribution in [2.24, 2.45) is 0 Å². The molecule has 1 aromatic carbocycles. The van der Waals surface area contributed by atoms with E-state index in [4.69, 9.17) is 5.11 Å². The minimum atomic E-state index is -3.60. The molecule has 0 unspecified atom stereocenters. The number of sulfonamides is 1. The maximum absolute atomic E-state index is 12.1. The van der Waals surface area contributed by atoms with Gasteiger partial charge in [-0.3, -0.25) is 4.72 Å². The molecule has 2 N–H and O–H groups in total. The van der Waals surface area contributed by atoms with Gasteiger partial charge in [0.1, 0.15) is 0 Å². The minimum Gasteiger partial charge on any atom is -0.396 e. The number of nitrogens with zero attached hydrogens (tertiary/aromatic N) is 1. The van der Waals surface area contributed by atoms with Gasteiger partial charge in [-0.1, -0.05) is 12.1 Å². The third-order valence-corrected chi connectivity index (χ3v) is 4.79. The maximum Gasteiger partial charge on any atom is 0.263 e. The van der Waals surface area contributed by atoms with Crippen LogP contribution in [-0.2, 0) is 16.4 Å². The summed E-state index contributed by atoms with van der Waals surface area (Å²) in [6.07, 6.45) is 2.13. The number of rotatable bonds is 5. The largest absolute Gasteiger partial charge is 0.396 e. The van der Waals surface area contributed by atoms with E-state index in [1.807, 2.05) is 6.92 Å². The Kier molecular flexibility index (Phi) is 4.18. The van der Waals surface area contributed by atoms with Gasteiger partial charge in [0.2, 0.25) is 0 Å². The molecule has 0 aliphatic rings. The molecule has 1 aromatic heterocycles. The van der Waals surface area contributed by atoms with Gasteiger partial charge in [0.05, 0.1) is 4.90 Å². The number of benzene rings is 1. The summed E-state index contributed by atoms with van der Waals surface area (Å²) < 4.78 is 26.6. The van der Waals surface area contributed by atoms with E-state index in [9.17, 15) is 8.42 Å². The minimum absolute atomic E-state index is 0.0444. The number of aromatic nitrogens is 1. The first-order valence-electron chi connectivity index (χ1n) is 5.66. The molecule has 0 bridgehead atoms. The van der Waals surface area contributed by atoms with Crippen LogP contribution in [0.3, 0.4) is 0 Å². The highest BCUT2D eigenvalue weighted by atomic mass is 32.2. The average Bonchev–Trinajstić information content (AvgIpc) is 2.75. The lowest BCUT2D eigenvalue weighted by Gasteiger charge is -2.06. The maximum atomic E-state index is 12.1. The molecule has 19 heavy (non-hydrogen) atoms. The number of aliphatic hydroxyl groups is 1. The van der Waals surface area contributed by atoms with E-state index >= 15 is 0 Å². The molecule has 102 valence electrons. The Hall–Kier alpha value is -1.44. The summed E-state index contributed by atoms with van der Waals surface area (Å²) in [4.78, 5) is 5.09. The summed E-state index contributed by atoms with van der Waals surface area (Å²) in [5.41, 5.74) is 0.895. The molecule has 7 heteroatoms. The van der Waals surface area contributed by atoms with Gasteiger partial charge in [0.15, 0.2) is 5.13 Å². The summed E-state index contributed by atoms with van der Waals surface area (Å²) in [5.74, 6) is 0. The smallest absolute Gasteiger partial charge is 0.263 e. The van der Waals surface area contributed by atoms with Crippen molar-refractivity contribution >= 4 is 26.5 Å². The van der Waals surface area contributed by atoms with Crippen LogP contribution in [0.2, 0.25) is 0 Å². The summed E-state index contributed by atoms with van der Waals surface area (Å²) in [6.45, 7) is 1.90. The summed E-state index contributed by atoms with van der Waals surface area (Å²) >= 11 is 1.29. The Morgan fingerprint density at radius 1 is 1.32 bits per heavy atom. The van der Waals surface area contributed by atoms with Gasteiger partial charge < -0.3 is 5.11 Å². The zero-order valence-electron chi connectivity index (χ0n) is 10.3. The van der Waals surface area contributed by atoms with Crippen molar-refractivity contribution in [3.63, 3.8) is 0 Å². The Balaban J connectivity index is 2.19. The summed E-state index contributed by atoms with van der Waals surface area (Å²) in [6, 6.07) is 6.43. The number of aliphatic hydroxyl groups excluding tert-OH is 1. The highest BCUT2D eigenvalue weighted by molar-refractivity contribution is 7.93. The molecule has 5 nitrogen and oxygen atoms in total. The van der Waals surface area contributed by atoms with Crippen LogP contribution in [-0.4, -0.2) is 25.1 Å². The quantitative estimate of drug-likeness (QED) is 0.882. The standard InChI is InChI=1S/C12H14N2O3S2/c1-9-8-13-12(18-9)14-19(16,17)11-4-2-10(3-5-11)6-7-15/h2-5,8,15H,6-7H2,1H3,(H,13,14). The lowest BCUT2D eigenvalue weighted by Crippen LogP contribution is -2.12. The molecule has 0 atom stereocenters. The summed E-state index contributed by atoms with van der Waals surface area (Å²) in [7, 11) is -3.60. The van der Waals surface area contributed by atoms with Crippen molar-refractivity contribution < 1.29 is 13.5 Å². The Bertz CT molecular complexity index is 648. The SMILES string of the molecule is Cc1cnc(NS(=O)(=O)c2ccc(CCO)cc2)s1. The predicted molar refractivity (Wildman–Crippen MR) is 74.9 cm³/mol. The first-order valence-corrected chi connectivity index (χ1v) is 7.96. The molecule has 0 radical (unpaired) electrons. The molecular formula is C12H14N2O3S2. The van der Waals surface area contributed by atoms with Crippen molar-refractivity contribution in [2.45, 2.75) is 18.2 Å². The first kappa shape index (κ1) is 14.0. The molecule has 0 spiro atoms. The lowest BCUT2D eigenvalue weighted by molar-refractivity contribution is 0.299. The highest BCUT2D eigenvalue weighted by Gasteiger charge is 2.15. The number of nitrogens with one attached hydrogen (secondary N) is 1. The second-order valence-electron chi connectivity index (χ2n) is 4.00. The molecule has 0 fully saturated rings. The zero-order valence-corrected chi connectivity index (χ0v) is 12.0. The van der Waals surface area contributed by atoms with E-state index in [2.05, 4.69) is 9.71 Å². The van der Waals surface area contributed by atoms with Gasteiger partial charge in [-0.05, 0) is 31.0 Å².